The zero-order chi connectivity index (χ0) is 34.9. The van der Waals surface area contributed by atoms with E-state index in [1.54, 1.807) is 90.9 Å². The molecule has 1 aliphatic rings. The van der Waals surface area contributed by atoms with E-state index in [-0.39, 0.29) is 17.5 Å². The number of ether oxygens (including phenoxy) is 1. The maximum atomic E-state index is 13.6. The van der Waals surface area contributed by atoms with Gasteiger partial charge in [0.25, 0.3) is 11.8 Å². The second-order valence-electron chi connectivity index (χ2n) is 11.1. The van der Waals surface area contributed by atoms with Gasteiger partial charge in [-0.2, -0.15) is 5.26 Å². The lowest BCUT2D eigenvalue weighted by Crippen LogP contribution is -2.33. The predicted molar refractivity (Wildman–Crippen MR) is 192 cm³/mol. The van der Waals surface area contributed by atoms with Crippen molar-refractivity contribution < 1.29 is 23.9 Å². The largest absolute Gasteiger partial charge is 0.497 e. The van der Waals surface area contributed by atoms with Gasteiger partial charge < -0.3 is 25.6 Å². The van der Waals surface area contributed by atoms with E-state index in [4.69, 9.17) is 4.74 Å². The van der Waals surface area contributed by atoms with E-state index >= 15 is 0 Å². The molecule has 250 valence electrons. The Hall–Kier alpha value is -5.38. The molecule has 49 heavy (non-hydrogen) atoms. The lowest BCUT2D eigenvalue weighted by Gasteiger charge is -2.25. The van der Waals surface area contributed by atoms with Crippen LogP contribution in [0.3, 0.4) is 0 Å². The Morgan fingerprint density at radius 3 is 2.47 bits per heavy atom. The Labute approximate surface area is 293 Å². The SMILES string of the molecule is CCC(Sc1cccc(NC(=O)/C(=C\c2ccc(OC)cc2)NC(=O)c2ccccc2)c1)C(=O)Nc1sc2c(c1C#N)CCN(C(C)=O)C2. The number of carbonyl (C=O) groups is 4. The monoisotopic (exact) mass is 693 g/mol. The van der Waals surface area contributed by atoms with Crippen LogP contribution in [0.1, 0.15) is 52.2 Å². The minimum atomic E-state index is -0.527. The number of thiophene rings is 1. The van der Waals surface area contributed by atoms with E-state index in [9.17, 15) is 24.4 Å². The molecule has 5 rings (SSSR count). The summed E-state index contributed by atoms with van der Waals surface area (Å²) in [7, 11) is 1.57. The number of nitrogens with one attached hydrogen (secondary N) is 3. The molecule has 1 aromatic heterocycles. The fourth-order valence-electron chi connectivity index (χ4n) is 5.21. The second kappa shape index (κ2) is 16.1. The van der Waals surface area contributed by atoms with Crippen molar-refractivity contribution in [2.45, 2.75) is 43.4 Å². The number of methoxy groups -OCH3 is 1. The number of anilines is 2. The van der Waals surface area contributed by atoms with Crippen LogP contribution in [0.2, 0.25) is 0 Å². The van der Waals surface area contributed by atoms with Crippen LogP contribution in [-0.4, -0.2) is 47.4 Å². The zero-order valence-electron chi connectivity index (χ0n) is 27.2. The maximum Gasteiger partial charge on any atom is 0.272 e. The van der Waals surface area contributed by atoms with Gasteiger partial charge in [0.2, 0.25) is 11.8 Å². The molecule has 0 aliphatic carbocycles. The Morgan fingerprint density at radius 1 is 1.04 bits per heavy atom. The molecule has 10 nitrogen and oxygen atoms in total. The average Bonchev–Trinajstić information content (AvgIpc) is 3.46. The summed E-state index contributed by atoms with van der Waals surface area (Å²) in [6.45, 7) is 4.40. The molecule has 0 saturated heterocycles. The van der Waals surface area contributed by atoms with Crippen molar-refractivity contribution in [2.24, 2.45) is 0 Å². The van der Waals surface area contributed by atoms with Gasteiger partial charge in [0.1, 0.15) is 22.5 Å². The van der Waals surface area contributed by atoms with Gasteiger partial charge in [-0.3, -0.25) is 19.2 Å². The molecule has 0 spiro atoms. The average molecular weight is 694 g/mol. The van der Waals surface area contributed by atoms with Crippen molar-refractivity contribution in [3.05, 3.63) is 112 Å². The lowest BCUT2D eigenvalue weighted by atomic mass is 10.0. The molecule has 1 unspecified atom stereocenters. The summed E-state index contributed by atoms with van der Waals surface area (Å²) in [5, 5.41) is 18.5. The summed E-state index contributed by atoms with van der Waals surface area (Å²) in [4.78, 5) is 55.4. The lowest BCUT2D eigenvalue weighted by molar-refractivity contribution is -0.129. The molecule has 3 N–H and O–H groups in total. The normalized spacial score (nSPS) is 13.0. The summed E-state index contributed by atoms with van der Waals surface area (Å²) < 4.78 is 5.23. The molecule has 0 radical (unpaired) electrons. The number of amides is 4. The minimum absolute atomic E-state index is 0.0227. The second-order valence-corrected chi connectivity index (χ2v) is 13.5. The molecule has 0 fully saturated rings. The summed E-state index contributed by atoms with van der Waals surface area (Å²) in [6, 6.07) is 25.1. The predicted octanol–water partition coefficient (Wildman–Crippen LogP) is 6.45. The molecule has 1 atom stereocenters. The number of thioether (sulfide) groups is 1. The van der Waals surface area contributed by atoms with E-state index < -0.39 is 17.1 Å². The summed E-state index contributed by atoms with van der Waals surface area (Å²) in [6.07, 6.45) is 2.67. The molecule has 1 aliphatic heterocycles. The highest BCUT2D eigenvalue weighted by atomic mass is 32.2. The number of carbonyl (C=O) groups excluding carboxylic acids is 4. The molecule has 12 heteroatoms. The fourth-order valence-corrected chi connectivity index (χ4v) is 7.44. The Balaban J connectivity index is 1.30. The number of hydrogen-bond donors (Lipinski definition) is 3. The summed E-state index contributed by atoms with van der Waals surface area (Å²) in [5.74, 6) is -0.565. The number of benzene rings is 3. The van der Waals surface area contributed by atoms with Crippen molar-refractivity contribution in [3.63, 3.8) is 0 Å². The third-order valence-corrected chi connectivity index (χ3v) is 10.3. The highest BCUT2D eigenvalue weighted by molar-refractivity contribution is 8.00. The van der Waals surface area contributed by atoms with Crippen molar-refractivity contribution in [1.82, 2.24) is 10.2 Å². The van der Waals surface area contributed by atoms with Crippen LogP contribution in [0.15, 0.2) is 89.5 Å². The van der Waals surface area contributed by atoms with Gasteiger partial charge in [0, 0.05) is 34.5 Å². The van der Waals surface area contributed by atoms with Crippen LogP contribution in [-0.2, 0) is 27.3 Å². The maximum absolute atomic E-state index is 13.6. The highest BCUT2D eigenvalue weighted by Crippen LogP contribution is 2.37. The van der Waals surface area contributed by atoms with E-state index in [0.29, 0.717) is 59.1 Å². The zero-order valence-corrected chi connectivity index (χ0v) is 28.9. The Morgan fingerprint density at radius 2 is 1.80 bits per heavy atom. The van der Waals surface area contributed by atoms with Gasteiger partial charge in [0.05, 0.1) is 24.5 Å². The van der Waals surface area contributed by atoms with Gasteiger partial charge in [-0.05, 0) is 72.5 Å². The quantitative estimate of drug-likeness (QED) is 0.121. The third-order valence-electron chi connectivity index (χ3n) is 7.84. The van der Waals surface area contributed by atoms with Crippen LogP contribution in [0.25, 0.3) is 6.08 Å². The molecule has 2 heterocycles. The van der Waals surface area contributed by atoms with Crippen LogP contribution in [0.5, 0.6) is 5.75 Å². The first kappa shape index (κ1) is 34.9. The standard InChI is InChI=1S/C37H35N5O5S2/c1-4-32(36(46)41-37-30(21-38)29-17-18-42(23(2)43)22-33(29)49-37)48-28-12-8-11-26(20-28)39-35(45)31(19-24-13-15-27(47-3)16-14-24)40-34(44)25-9-6-5-7-10-25/h5-16,19-20,32H,4,17-18,22H2,1-3H3,(H,39,45)(H,40,44)(H,41,46)/b31-19+. The van der Waals surface area contributed by atoms with Crippen LogP contribution >= 0.6 is 23.1 Å². The van der Waals surface area contributed by atoms with Gasteiger partial charge in [0.15, 0.2) is 0 Å². The van der Waals surface area contributed by atoms with Crippen molar-refractivity contribution >= 4 is 63.5 Å². The Bertz CT molecular complexity index is 1930. The van der Waals surface area contributed by atoms with Crippen LogP contribution in [0, 0.1) is 11.3 Å². The molecule has 4 amide bonds. The van der Waals surface area contributed by atoms with E-state index in [0.717, 1.165) is 15.3 Å². The molecular formula is C37H35N5O5S2. The topological polar surface area (TPSA) is 141 Å². The summed E-state index contributed by atoms with van der Waals surface area (Å²) >= 11 is 2.68. The van der Waals surface area contributed by atoms with Crippen molar-refractivity contribution in [1.29, 1.82) is 5.26 Å². The van der Waals surface area contributed by atoms with Gasteiger partial charge >= 0.3 is 0 Å². The van der Waals surface area contributed by atoms with Gasteiger partial charge in [-0.25, -0.2) is 0 Å². The first-order valence-corrected chi connectivity index (χ1v) is 17.3. The van der Waals surface area contributed by atoms with E-state index in [1.807, 2.05) is 13.0 Å². The molecular weight excluding hydrogens is 659 g/mol. The van der Waals surface area contributed by atoms with E-state index in [1.165, 1.54) is 30.0 Å². The smallest absolute Gasteiger partial charge is 0.272 e. The van der Waals surface area contributed by atoms with Crippen molar-refractivity contribution in [3.8, 4) is 11.8 Å². The van der Waals surface area contributed by atoms with Gasteiger partial charge in [-0.15, -0.1) is 23.1 Å². The third kappa shape index (κ3) is 8.76. The first-order chi connectivity index (χ1) is 23.7. The molecule has 0 bridgehead atoms. The molecule has 3 aromatic carbocycles. The molecule has 4 aromatic rings. The number of nitrogens with zero attached hydrogens (tertiary/aromatic N) is 2. The first-order valence-electron chi connectivity index (χ1n) is 15.6. The van der Waals surface area contributed by atoms with Crippen molar-refractivity contribution in [2.75, 3.05) is 24.3 Å². The molecule has 0 saturated carbocycles. The van der Waals surface area contributed by atoms with Crippen LogP contribution in [0.4, 0.5) is 10.7 Å². The highest BCUT2D eigenvalue weighted by Gasteiger charge is 2.28. The Kier molecular flexibility index (Phi) is 11.5. The number of fused-ring (bicyclic) bond motifs is 1. The minimum Gasteiger partial charge on any atom is -0.497 e. The fraction of sp³-hybridized carbons (Fsp3) is 0.216. The summed E-state index contributed by atoms with van der Waals surface area (Å²) in [5.41, 5.74) is 2.96. The van der Waals surface area contributed by atoms with E-state index in [2.05, 4.69) is 22.0 Å². The number of hydrogen-bond acceptors (Lipinski definition) is 8. The van der Waals surface area contributed by atoms with Gasteiger partial charge in [-0.1, -0.05) is 43.3 Å². The van der Waals surface area contributed by atoms with Crippen LogP contribution < -0.4 is 20.7 Å². The number of nitriles is 1. The number of rotatable bonds is 11.